The SMILES string of the molecule is CCCCc1ccc(C(=O)Nc2cccc(C3SCC(=O)N3c3ccccc3F)c2)cc1. The lowest BCUT2D eigenvalue weighted by Crippen LogP contribution is -2.28. The van der Waals surface area contributed by atoms with Gasteiger partial charge in [0.25, 0.3) is 5.91 Å². The van der Waals surface area contributed by atoms with Crippen LogP contribution < -0.4 is 10.2 Å². The molecule has 1 aliphatic rings. The molecule has 4 rings (SSSR count). The summed E-state index contributed by atoms with van der Waals surface area (Å²) in [6.45, 7) is 2.16. The van der Waals surface area contributed by atoms with Crippen molar-refractivity contribution in [2.45, 2.75) is 31.6 Å². The third-order valence-corrected chi connectivity index (χ3v) is 6.66. The fraction of sp³-hybridized carbons (Fsp3) is 0.231. The van der Waals surface area contributed by atoms with Crippen LogP contribution in [-0.4, -0.2) is 17.6 Å². The molecule has 1 saturated heterocycles. The summed E-state index contributed by atoms with van der Waals surface area (Å²) in [4.78, 5) is 26.7. The predicted molar refractivity (Wildman–Crippen MR) is 129 cm³/mol. The molecule has 0 radical (unpaired) electrons. The first-order valence-corrected chi connectivity index (χ1v) is 11.8. The number of unbranched alkanes of at least 4 members (excludes halogenated alkanes) is 1. The van der Waals surface area contributed by atoms with Crippen LogP contribution in [0.2, 0.25) is 0 Å². The molecule has 1 fully saturated rings. The van der Waals surface area contributed by atoms with Crippen molar-refractivity contribution in [2.75, 3.05) is 16.0 Å². The maximum Gasteiger partial charge on any atom is 0.255 e. The highest BCUT2D eigenvalue weighted by Gasteiger charge is 2.35. The Balaban J connectivity index is 1.51. The average molecular weight is 449 g/mol. The van der Waals surface area contributed by atoms with Crippen molar-refractivity contribution in [3.63, 3.8) is 0 Å². The van der Waals surface area contributed by atoms with Gasteiger partial charge in [-0.3, -0.25) is 14.5 Å². The van der Waals surface area contributed by atoms with Crippen LogP contribution in [0.3, 0.4) is 0 Å². The van der Waals surface area contributed by atoms with Gasteiger partial charge in [-0.15, -0.1) is 11.8 Å². The van der Waals surface area contributed by atoms with Gasteiger partial charge in [-0.2, -0.15) is 0 Å². The number of anilines is 2. The first-order valence-electron chi connectivity index (χ1n) is 10.7. The molecule has 2 amide bonds. The van der Waals surface area contributed by atoms with Crippen LogP contribution in [0, 0.1) is 5.82 Å². The number of carbonyl (C=O) groups excluding carboxylic acids is 2. The van der Waals surface area contributed by atoms with Crippen molar-refractivity contribution >= 4 is 35.0 Å². The van der Waals surface area contributed by atoms with Gasteiger partial charge < -0.3 is 5.32 Å². The van der Waals surface area contributed by atoms with Gasteiger partial charge in [0, 0.05) is 11.3 Å². The number of halogens is 1. The van der Waals surface area contributed by atoms with Gasteiger partial charge >= 0.3 is 0 Å². The molecule has 164 valence electrons. The first kappa shape index (κ1) is 22.1. The molecule has 0 aromatic heterocycles. The molecule has 1 aliphatic heterocycles. The minimum Gasteiger partial charge on any atom is -0.322 e. The zero-order valence-corrected chi connectivity index (χ0v) is 18.7. The van der Waals surface area contributed by atoms with Gasteiger partial charge in [0.2, 0.25) is 5.91 Å². The Labute approximate surface area is 191 Å². The normalized spacial score (nSPS) is 15.8. The van der Waals surface area contributed by atoms with E-state index < -0.39 is 5.82 Å². The first-order chi connectivity index (χ1) is 15.6. The van der Waals surface area contributed by atoms with E-state index in [2.05, 4.69) is 12.2 Å². The Bertz CT molecular complexity index is 1120. The second kappa shape index (κ2) is 10.0. The lowest BCUT2D eigenvalue weighted by Gasteiger charge is -2.25. The van der Waals surface area contributed by atoms with Gasteiger partial charge in [-0.25, -0.2) is 4.39 Å². The quantitative estimate of drug-likeness (QED) is 0.468. The van der Waals surface area contributed by atoms with Gasteiger partial charge in [-0.1, -0.05) is 49.7 Å². The molecular weight excluding hydrogens is 423 g/mol. The predicted octanol–water partition coefficient (Wildman–Crippen LogP) is 6.20. The average Bonchev–Trinajstić information content (AvgIpc) is 3.19. The number of thioether (sulfide) groups is 1. The number of aryl methyl sites for hydroxylation is 1. The van der Waals surface area contributed by atoms with Crippen molar-refractivity contribution in [3.8, 4) is 0 Å². The van der Waals surface area contributed by atoms with Crippen molar-refractivity contribution < 1.29 is 14.0 Å². The highest BCUT2D eigenvalue weighted by atomic mass is 32.2. The summed E-state index contributed by atoms with van der Waals surface area (Å²) in [6.07, 6.45) is 3.28. The Morgan fingerprint density at radius 1 is 1.09 bits per heavy atom. The summed E-state index contributed by atoms with van der Waals surface area (Å²) >= 11 is 1.44. The monoisotopic (exact) mass is 448 g/mol. The maximum atomic E-state index is 14.4. The van der Waals surface area contributed by atoms with Crippen molar-refractivity contribution in [1.29, 1.82) is 0 Å². The summed E-state index contributed by atoms with van der Waals surface area (Å²) in [6, 6.07) is 21.3. The zero-order chi connectivity index (χ0) is 22.5. The highest BCUT2D eigenvalue weighted by Crippen LogP contribution is 2.43. The summed E-state index contributed by atoms with van der Waals surface area (Å²) in [5, 5.41) is 2.58. The molecule has 6 heteroatoms. The van der Waals surface area contributed by atoms with E-state index >= 15 is 0 Å². The Morgan fingerprint density at radius 2 is 1.88 bits per heavy atom. The smallest absolute Gasteiger partial charge is 0.255 e. The maximum absolute atomic E-state index is 14.4. The molecule has 3 aromatic carbocycles. The van der Waals surface area contributed by atoms with E-state index in [1.165, 1.54) is 28.3 Å². The van der Waals surface area contributed by atoms with Crippen LogP contribution in [0.1, 0.15) is 46.6 Å². The van der Waals surface area contributed by atoms with E-state index in [9.17, 15) is 14.0 Å². The van der Waals surface area contributed by atoms with Crippen LogP contribution in [0.15, 0.2) is 72.8 Å². The van der Waals surface area contributed by atoms with Gasteiger partial charge in [0.1, 0.15) is 11.2 Å². The molecule has 0 saturated carbocycles. The molecule has 3 aromatic rings. The van der Waals surface area contributed by atoms with Gasteiger partial charge in [0.15, 0.2) is 0 Å². The minimum atomic E-state index is -0.430. The Morgan fingerprint density at radius 3 is 2.62 bits per heavy atom. The van der Waals surface area contributed by atoms with Gasteiger partial charge in [0.05, 0.1) is 11.4 Å². The molecule has 4 nitrogen and oxygen atoms in total. The van der Waals surface area contributed by atoms with Crippen molar-refractivity contribution in [3.05, 3.63) is 95.3 Å². The van der Waals surface area contributed by atoms with Crippen molar-refractivity contribution in [1.82, 2.24) is 0 Å². The van der Waals surface area contributed by atoms with Crippen LogP contribution in [0.25, 0.3) is 0 Å². The summed E-state index contributed by atoms with van der Waals surface area (Å²) in [5.41, 5.74) is 3.55. The molecule has 0 bridgehead atoms. The number of benzene rings is 3. The van der Waals surface area contributed by atoms with E-state index in [1.807, 2.05) is 48.5 Å². The minimum absolute atomic E-state index is 0.136. The molecule has 1 atom stereocenters. The number of hydrogen-bond acceptors (Lipinski definition) is 3. The fourth-order valence-electron chi connectivity index (χ4n) is 3.76. The van der Waals surface area contributed by atoms with Crippen molar-refractivity contribution in [2.24, 2.45) is 0 Å². The lowest BCUT2D eigenvalue weighted by molar-refractivity contribution is -0.115. The standard InChI is InChI=1S/C26H25FN2O2S/c1-2-3-7-18-12-14-19(15-13-18)25(31)28-21-9-6-8-20(16-21)26-29(24(30)17-32-26)23-11-5-4-10-22(23)27/h4-6,8-16,26H,2-3,7,17H2,1H3,(H,28,31). The highest BCUT2D eigenvalue weighted by molar-refractivity contribution is 8.00. The van der Waals surface area contributed by atoms with Crippen LogP contribution >= 0.6 is 11.8 Å². The number of nitrogens with one attached hydrogen (secondary N) is 1. The number of rotatable bonds is 7. The molecule has 1 heterocycles. The Hall–Kier alpha value is -3.12. The van der Waals surface area contributed by atoms with E-state index in [0.29, 0.717) is 11.3 Å². The number of nitrogens with zero attached hydrogens (tertiary/aromatic N) is 1. The molecule has 32 heavy (non-hydrogen) atoms. The lowest BCUT2D eigenvalue weighted by atomic mass is 10.1. The molecule has 1 unspecified atom stereocenters. The molecule has 1 N–H and O–H groups in total. The topological polar surface area (TPSA) is 49.4 Å². The number of hydrogen-bond donors (Lipinski definition) is 1. The molecular formula is C26H25FN2O2S. The van der Waals surface area contributed by atoms with Crippen LogP contribution in [0.4, 0.5) is 15.8 Å². The largest absolute Gasteiger partial charge is 0.322 e. The van der Waals surface area contributed by atoms with Crippen LogP contribution in [0.5, 0.6) is 0 Å². The molecule has 0 spiro atoms. The van der Waals surface area contributed by atoms with E-state index in [-0.39, 0.29) is 28.6 Å². The summed E-state index contributed by atoms with van der Waals surface area (Å²) in [5.74, 6) is -0.479. The number of carbonyl (C=O) groups is 2. The third-order valence-electron chi connectivity index (χ3n) is 5.44. The van der Waals surface area contributed by atoms with E-state index in [0.717, 1.165) is 24.8 Å². The number of amides is 2. The second-order valence-electron chi connectivity index (χ2n) is 7.76. The summed E-state index contributed by atoms with van der Waals surface area (Å²) < 4.78 is 14.4. The van der Waals surface area contributed by atoms with Gasteiger partial charge in [-0.05, 0) is 60.4 Å². The number of para-hydroxylation sites is 1. The Kier molecular flexibility index (Phi) is 6.90. The summed E-state index contributed by atoms with van der Waals surface area (Å²) in [7, 11) is 0. The second-order valence-corrected chi connectivity index (χ2v) is 8.83. The fourth-order valence-corrected chi connectivity index (χ4v) is 4.91. The third kappa shape index (κ3) is 4.86. The van der Waals surface area contributed by atoms with E-state index in [1.54, 1.807) is 18.2 Å². The zero-order valence-electron chi connectivity index (χ0n) is 17.9. The van der Waals surface area contributed by atoms with E-state index in [4.69, 9.17) is 0 Å². The molecule has 0 aliphatic carbocycles. The van der Waals surface area contributed by atoms with Crippen LogP contribution in [-0.2, 0) is 11.2 Å².